The van der Waals surface area contributed by atoms with Gasteiger partial charge in [-0.1, -0.05) is 13.8 Å². The van der Waals surface area contributed by atoms with E-state index in [1.165, 1.54) is 0 Å². The fourth-order valence-corrected chi connectivity index (χ4v) is 1.19. The predicted octanol–water partition coefficient (Wildman–Crippen LogP) is 1.43. The molecule has 3 nitrogen and oxygen atoms in total. The molecule has 0 spiro atoms. The zero-order chi connectivity index (χ0) is 9.68. The van der Waals surface area contributed by atoms with E-state index in [-0.39, 0.29) is 0 Å². The van der Waals surface area contributed by atoms with Gasteiger partial charge in [0.2, 0.25) is 0 Å². The lowest BCUT2D eigenvalue weighted by Gasteiger charge is -1.99. The van der Waals surface area contributed by atoms with Crippen molar-refractivity contribution in [2.45, 2.75) is 39.7 Å². The summed E-state index contributed by atoms with van der Waals surface area (Å²) in [6.45, 7) is 4.92. The normalized spacial score (nSPS) is 9.92. The van der Waals surface area contributed by atoms with Gasteiger partial charge in [-0.05, 0) is 0 Å². The average molecular weight is 177 g/mol. The smallest absolute Gasteiger partial charge is 0.150 e. The van der Waals surface area contributed by atoms with Crippen molar-refractivity contribution in [2.24, 2.45) is 0 Å². The lowest BCUT2D eigenvalue weighted by molar-refractivity contribution is 0.590. The summed E-state index contributed by atoms with van der Waals surface area (Å²) < 4.78 is 1.92. The highest BCUT2D eigenvalue weighted by atomic mass is 15.3. The maximum atomic E-state index is 5.20. The van der Waals surface area contributed by atoms with Crippen LogP contribution in [0, 0.1) is 12.3 Å². The molecule has 1 aromatic rings. The summed E-state index contributed by atoms with van der Waals surface area (Å²) in [6, 6.07) is 0. The van der Waals surface area contributed by atoms with E-state index in [0.717, 1.165) is 37.5 Å². The van der Waals surface area contributed by atoms with E-state index < -0.39 is 0 Å². The Hall–Kier alpha value is -1.30. The van der Waals surface area contributed by atoms with Crippen molar-refractivity contribution in [3.63, 3.8) is 0 Å². The summed E-state index contributed by atoms with van der Waals surface area (Å²) in [5.74, 6) is 4.55. The molecule has 0 amide bonds. The van der Waals surface area contributed by atoms with Gasteiger partial charge in [-0.3, -0.25) is 0 Å². The Balaban J connectivity index is 2.79. The average Bonchev–Trinajstić information content (AvgIpc) is 2.57. The molecule has 70 valence electrons. The first-order valence-corrected chi connectivity index (χ1v) is 4.67. The minimum atomic E-state index is 0.722. The number of hydrogen-bond acceptors (Lipinski definition) is 2. The van der Waals surface area contributed by atoms with Gasteiger partial charge in [0.05, 0.1) is 6.54 Å². The van der Waals surface area contributed by atoms with E-state index in [4.69, 9.17) is 6.42 Å². The van der Waals surface area contributed by atoms with E-state index in [0.29, 0.717) is 0 Å². The van der Waals surface area contributed by atoms with Crippen molar-refractivity contribution in [3.8, 4) is 12.3 Å². The Kier molecular flexibility index (Phi) is 3.51. The standard InChI is InChI=1S/C10H15N3/c1-4-7-8-13-10(6-3)11-9(5-2)12-13/h1H,5-8H2,2-3H3. The Morgan fingerprint density at radius 3 is 2.69 bits per heavy atom. The second-order valence-electron chi connectivity index (χ2n) is 2.83. The molecule has 0 atom stereocenters. The maximum absolute atomic E-state index is 5.20. The van der Waals surface area contributed by atoms with Crippen molar-refractivity contribution < 1.29 is 0 Å². The van der Waals surface area contributed by atoms with Crippen molar-refractivity contribution in [3.05, 3.63) is 11.6 Å². The lowest BCUT2D eigenvalue weighted by atomic mass is 10.4. The molecule has 0 radical (unpaired) electrons. The molecule has 1 heterocycles. The van der Waals surface area contributed by atoms with Crippen LogP contribution in [0.2, 0.25) is 0 Å². The number of aromatic nitrogens is 3. The number of nitrogens with zero attached hydrogens (tertiary/aromatic N) is 3. The Morgan fingerprint density at radius 2 is 2.15 bits per heavy atom. The van der Waals surface area contributed by atoms with Crippen LogP contribution in [0.4, 0.5) is 0 Å². The van der Waals surface area contributed by atoms with Crippen LogP contribution in [0.5, 0.6) is 0 Å². The molecule has 0 aliphatic rings. The van der Waals surface area contributed by atoms with Crippen LogP contribution in [0.1, 0.15) is 31.9 Å². The first-order chi connectivity index (χ1) is 6.31. The van der Waals surface area contributed by atoms with E-state index in [2.05, 4.69) is 29.9 Å². The second-order valence-corrected chi connectivity index (χ2v) is 2.83. The first-order valence-electron chi connectivity index (χ1n) is 4.67. The van der Waals surface area contributed by atoms with E-state index in [9.17, 15) is 0 Å². The monoisotopic (exact) mass is 177 g/mol. The Labute approximate surface area is 79.2 Å². The molecule has 1 rings (SSSR count). The maximum Gasteiger partial charge on any atom is 0.150 e. The highest BCUT2D eigenvalue weighted by Crippen LogP contribution is 2.01. The van der Waals surface area contributed by atoms with Gasteiger partial charge in [0.1, 0.15) is 5.82 Å². The molecule has 0 N–H and O–H groups in total. The molecule has 0 bridgehead atoms. The van der Waals surface area contributed by atoms with Crippen molar-refractivity contribution in [1.82, 2.24) is 14.8 Å². The molecule has 0 aliphatic heterocycles. The van der Waals surface area contributed by atoms with Gasteiger partial charge in [-0.15, -0.1) is 12.3 Å². The fraction of sp³-hybridized carbons (Fsp3) is 0.600. The number of terminal acetylenes is 1. The molecule has 0 unspecified atom stereocenters. The van der Waals surface area contributed by atoms with Gasteiger partial charge in [-0.25, -0.2) is 9.67 Å². The highest BCUT2D eigenvalue weighted by Gasteiger charge is 2.05. The molecular weight excluding hydrogens is 162 g/mol. The second kappa shape index (κ2) is 4.66. The van der Waals surface area contributed by atoms with Crippen molar-refractivity contribution in [2.75, 3.05) is 0 Å². The lowest BCUT2D eigenvalue weighted by Crippen LogP contribution is -2.04. The number of rotatable bonds is 4. The van der Waals surface area contributed by atoms with Crippen LogP contribution in [0.15, 0.2) is 0 Å². The minimum absolute atomic E-state index is 0.722. The summed E-state index contributed by atoms with van der Waals surface area (Å²) in [6.07, 6.45) is 7.72. The third kappa shape index (κ3) is 2.32. The van der Waals surface area contributed by atoms with Crippen LogP contribution in [-0.4, -0.2) is 14.8 Å². The predicted molar refractivity (Wildman–Crippen MR) is 52.2 cm³/mol. The van der Waals surface area contributed by atoms with Gasteiger partial charge in [0.25, 0.3) is 0 Å². The molecule has 1 aromatic heterocycles. The molecule has 3 heteroatoms. The fourth-order valence-electron chi connectivity index (χ4n) is 1.19. The summed E-state index contributed by atoms with van der Waals surface area (Å²) in [5.41, 5.74) is 0. The molecule has 0 aromatic carbocycles. The van der Waals surface area contributed by atoms with Crippen molar-refractivity contribution >= 4 is 0 Å². The largest absolute Gasteiger partial charge is 0.249 e. The first kappa shape index (κ1) is 9.79. The van der Waals surface area contributed by atoms with Crippen LogP contribution in [-0.2, 0) is 19.4 Å². The van der Waals surface area contributed by atoms with Crippen LogP contribution < -0.4 is 0 Å². The highest BCUT2D eigenvalue weighted by molar-refractivity contribution is 4.94. The third-order valence-electron chi connectivity index (χ3n) is 1.89. The topological polar surface area (TPSA) is 30.7 Å². The summed E-state index contributed by atoms with van der Waals surface area (Å²) in [5, 5.41) is 4.35. The zero-order valence-electron chi connectivity index (χ0n) is 8.25. The van der Waals surface area contributed by atoms with E-state index >= 15 is 0 Å². The Bertz CT molecular complexity index is 306. The van der Waals surface area contributed by atoms with Gasteiger partial charge < -0.3 is 0 Å². The molecule has 0 saturated carbocycles. The van der Waals surface area contributed by atoms with Gasteiger partial charge in [-0.2, -0.15) is 5.10 Å². The van der Waals surface area contributed by atoms with Crippen LogP contribution in [0.3, 0.4) is 0 Å². The van der Waals surface area contributed by atoms with Crippen LogP contribution >= 0.6 is 0 Å². The number of hydrogen-bond donors (Lipinski definition) is 0. The minimum Gasteiger partial charge on any atom is -0.249 e. The number of aryl methyl sites for hydroxylation is 3. The SMILES string of the molecule is C#CCCn1nc(CC)nc1CC. The molecule has 0 fully saturated rings. The summed E-state index contributed by atoms with van der Waals surface area (Å²) in [7, 11) is 0. The van der Waals surface area contributed by atoms with Gasteiger partial charge in [0.15, 0.2) is 5.82 Å². The quantitative estimate of drug-likeness (QED) is 0.651. The molecule has 0 aliphatic carbocycles. The third-order valence-corrected chi connectivity index (χ3v) is 1.89. The van der Waals surface area contributed by atoms with E-state index in [1.54, 1.807) is 0 Å². The summed E-state index contributed by atoms with van der Waals surface area (Å²) in [4.78, 5) is 4.38. The summed E-state index contributed by atoms with van der Waals surface area (Å²) >= 11 is 0. The molecular formula is C10H15N3. The van der Waals surface area contributed by atoms with E-state index in [1.807, 2.05) is 4.68 Å². The molecule has 13 heavy (non-hydrogen) atoms. The van der Waals surface area contributed by atoms with Gasteiger partial charge in [0, 0.05) is 19.3 Å². The van der Waals surface area contributed by atoms with Gasteiger partial charge >= 0.3 is 0 Å². The Morgan fingerprint density at radius 1 is 1.38 bits per heavy atom. The molecule has 0 saturated heterocycles. The van der Waals surface area contributed by atoms with Crippen molar-refractivity contribution in [1.29, 1.82) is 0 Å². The zero-order valence-corrected chi connectivity index (χ0v) is 8.25. The van der Waals surface area contributed by atoms with Crippen LogP contribution in [0.25, 0.3) is 0 Å².